The van der Waals surface area contributed by atoms with Crippen molar-refractivity contribution < 1.29 is 18.8 Å². The first-order valence-electron chi connectivity index (χ1n) is 7.11. The van der Waals surface area contributed by atoms with Crippen LogP contribution in [0.1, 0.15) is 20.3 Å². The number of rotatable bonds is 3. The highest BCUT2D eigenvalue weighted by Crippen LogP contribution is 2.18. The molecule has 0 saturated carbocycles. The third-order valence-electron chi connectivity index (χ3n) is 3.66. The molecule has 2 atom stereocenters. The molecule has 2 N–H and O–H groups in total. The molecule has 1 fully saturated rings. The van der Waals surface area contributed by atoms with Crippen LogP contribution in [0.3, 0.4) is 0 Å². The van der Waals surface area contributed by atoms with Crippen molar-refractivity contribution in [1.29, 1.82) is 0 Å². The fourth-order valence-corrected chi connectivity index (χ4v) is 2.54. The zero-order valence-corrected chi connectivity index (χ0v) is 12.4. The highest BCUT2D eigenvalue weighted by molar-refractivity contribution is 6.40. The lowest BCUT2D eigenvalue weighted by molar-refractivity contribution is -0.138. The van der Waals surface area contributed by atoms with Gasteiger partial charge in [0.15, 0.2) is 0 Å². The first-order valence-corrected chi connectivity index (χ1v) is 7.11. The molecule has 6 nitrogen and oxygen atoms in total. The van der Waals surface area contributed by atoms with E-state index in [-0.39, 0.29) is 17.6 Å². The van der Waals surface area contributed by atoms with E-state index >= 15 is 0 Å². The number of carbonyl (C=O) groups is 3. The maximum Gasteiger partial charge on any atom is 0.313 e. The van der Waals surface area contributed by atoms with Crippen LogP contribution in [-0.2, 0) is 14.4 Å². The van der Waals surface area contributed by atoms with Crippen molar-refractivity contribution >= 4 is 23.4 Å². The van der Waals surface area contributed by atoms with Crippen LogP contribution >= 0.6 is 0 Å². The Labute approximate surface area is 127 Å². The molecule has 2 unspecified atom stereocenters. The second kappa shape index (κ2) is 6.55. The quantitative estimate of drug-likeness (QED) is 0.814. The van der Waals surface area contributed by atoms with Crippen molar-refractivity contribution in [2.75, 3.05) is 11.9 Å². The molecule has 1 saturated heterocycles. The van der Waals surface area contributed by atoms with Gasteiger partial charge in [0.05, 0.1) is 5.69 Å². The minimum Gasteiger partial charge on any atom is -0.338 e. The largest absolute Gasteiger partial charge is 0.338 e. The summed E-state index contributed by atoms with van der Waals surface area (Å²) in [5.74, 6) is -2.79. The van der Waals surface area contributed by atoms with E-state index in [0.29, 0.717) is 13.0 Å². The number of amides is 3. The van der Waals surface area contributed by atoms with Crippen LogP contribution in [0.2, 0.25) is 0 Å². The van der Waals surface area contributed by atoms with E-state index < -0.39 is 23.7 Å². The first kappa shape index (κ1) is 15.9. The summed E-state index contributed by atoms with van der Waals surface area (Å²) in [6.07, 6.45) is 0.450. The number of para-hydroxylation sites is 1. The van der Waals surface area contributed by atoms with Gasteiger partial charge in [-0.2, -0.15) is 0 Å². The van der Waals surface area contributed by atoms with Crippen molar-refractivity contribution in [3.63, 3.8) is 0 Å². The summed E-state index contributed by atoms with van der Waals surface area (Å²) in [4.78, 5) is 37.3. The van der Waals surface area contributed by atoms with E-state index in [2.05, 4.69) is 10.6 Å². The standard InChI is InChI=1S/C15H18FN3O3/c1-3-19-9(2)8-12(15(19)22)18-14(21)13(20)17-11-7-5-4-6-10(11)16/h4-7,9,12H,3,8H2,1-2H3,(H,17,20)(H,18,21). The second-order valence-corrected chi connectivity index (χ2v) is 5.17. The van der Waals surface area contributed by atoms with Gasteiger partial charge >= 0.3 is 11.8 Å². The Morgan fingerprint density at radius 2 is 2.00 bits per heavy atom. The Morgan fingerprint density at radius 1 is 1.32 bits per heavy atom. The zero-order valence-electron chi connectivity index (χ0n) is 12.4. The Morgan fingerprint density at radius 3 is 2.59 bits per heavy atom. The molecule has 0 aromatic heterocycles. The number of halogens is 1. The van der Waals surface area contributed by atoms with Crippen molar-refractivity contribution in [2.24, 2.45) is 0 Å². The highest BCUT2D eigenvalue weighted by atomic mass is 19.1. The molecule has 3 amide bonds. The Kier molecular flexibility index (Phi) is 4.75. The maximum absolute atomic E-state index is 13.4. The van der Waals surface area contributed by atoms with E-state index in [9.17, 15) is 18.8 Å². The molecule has 118 valence electrons. The number of likely N-dealkylation sites (N-methyl/N-ethyl adjacent to an activating group) is 1. The number of nitrogens with zero attached hydrogens (tertiary/aromatic N) is 1. The first-order chi connectivity index (χ1) is 10.4. The third-order valence-corrected chi connectivity index (χ3v) is 3.66. The Balaban J connectivity index is 1.97. The molecule has 0 aliphatic carbocycles. The third kappa shape index (κ3) is 3.24. The van der Waals surface area contributed by atoms with Crippen molar-refractivity contribution in [3.05, 3.63) is 30.1 Å². The van der Waals surface area contributed by atoms with Gasteiger partial charge in [0.25, 0.3) is 0 Å². The number of hydrogen-bond acceptors (Lipinski definition) is 3. The molecule has 0 radical (unpaired) electrons. The smallest absolute Gasteiger partial charge is 0.313 e. The number of likely N-dealkylation sites (tertiary alicyclic amines) is 1. The predicted octanol–water partition coefficient (Wildman–Crippen LogP) is 0.890. The second-order valence-electron chi connectivity index (χ2n) is 5.17. The summed E-state index contributed by atoms with van der Waals surface area (Å²) in [5.41, 5.74) is -0.0797. The van der Waals surface area contributed by atoms with Crippen molar-refractivity contribution in [2.45, 2.75) is 32.4 Å². The number of carbonyl (C=O) groups excluding carboxylic acids is 3. The molecule has 1 aromatic rings. The number of benzene rings is 1. The minimum absolute atomic E-state index is 0.0115. The van der Waals surface area contributed by atoms with Crippen molar-refractivity contribution in [1.82, 2.24) is 10.2 Å². The van der Waals surface area contributed by atoms with Crippen LogP contribution in [0.4, 0.5) is 10.1 Å². The predicted molar refractivity (Wildman–Crippen MR) is 78.4 cm³/mol. The molecular weight excluding hydrogens is 289 g/mol. The molecule has 7 heteroatoms. The van der Waals surface area contributed by atoms with Gasteiger partial charge in [-0.05, 0) is 32.4 Å². The summed E-state index contributed by atoms with van der Waals surface area (Å²) in [6.45, 7) is 4.28. The summed E-state index contributed by atoms with van der Waals surface area (Å²) >= 11 is 0. The molecule has 1 aliphatic heterocycles. The summed E-state index contributed by atoms with van der Waals surface area (Å²) < 4.78 is 13.4. The molecule has 22 heavy (non-hydrogen) atoms. The van der Waals surface area contributed by atoms with E-state index in [4.69, 9.17) is 0 Å². The van der Waals surface area contributed by atoms with Gasteiger partial charge in [-0.3, -0.25) is 14.4 Å². The average Bonchev–Trinajstić information content (AvgIpc) is 2.75. The molecule has 1 heterocycles. The Hall–Kier alpha value is -2.44. The maximum atomic E-state index is 13.4. The van der Waals surface area contributed by atoms with Crippen LogP contribution in [0.15, 0.2) is 24.3 Å². The summed E-state index contributed by atoms with van der Waals surface area (Å²) in [5, 5.41) is 4.58. The topological polar surface area (TPSA) is 78.5 Å². The molecule has 0 spiro atoms. The van der Waals surface area contributed by atoms with Crippen LogP contribution in [0.25, 0.3) is 0 Å². The fourth-order valence-electron chi connectivity index (χ4n) is 2.54. The van der Waals surface area contributed by atoms with Crippen LogP contribution < -0.4 is 10.6 Å². The van der Waals surface area contributed by atoms with Gasteiger partial charge in [-0.15, -0.1) is 0 Å². The summed E-state index contributed by atoms with van der Waals surface area (Å²) in [7, 11) is 0. The van der Waals surface area contributed by atoms with Gasteiger partial charge < -0.3 is 15.5 Å². The molecule has 0 bridgehead atoms. The average molecular weight is 307 g/mol. The molecule has 2 rings (SSSR count). The fraction of sp³-hybridized carbons (Fsp3) is 0.400. The number of anilines is 1. The lowest BCUT2D eigenvalue weighted by atomic mass is 10.2. The molecule has 1 aliphatic rings. The summed E-state index contributed by atoms with van der Waals surface area (Å²) in [6, 6.07) is 4.84. The number of nitrogens with one attached hydrogen (secondary N) is 2. The van der Waals surface area contributed by atoms with Gasteiger partial charge in [-0.25, -0.2) is 4.39 Å². The lowest BCUT2D eigenvalue weighted by Crippen LogP contribution is -2.46. The van der Waals surface area contributed by atoms with Crippen LogP contribution in [0.5, 0.6) is 0 Å². The van der Waals surface area contributed by atoms with Gasteiger partial charge in [0.2, 0.25) is 5.91 Å². The van der Waals surface area contributed by atoms with Crippen LogP contribution in [0, 0.1) is 5.82 Å². The SMILES string of the molecule is CCN1C(=O)C(NC(=O)C(=O)Nc2ccccc2F)CC1C. The van der Waals surface area contributed by atoms with Gasteiger partial charge in [-0.1, -0.05) is 12.1 Å². The van der Waals surface area contributed by atoms with E-state index in [0.717, 1.165) is 0 Å². The monoisotopic (exact) mass is 307 g/mol. The number of hydrogen-bond donors (Lipinski definition) is 2. The van der Waals surface area contributed by atoms with Crippen LogP contribution in [-0.4, -0.2) is 41.2 Å². The molecule has 1 aromatic carbocycles. The highest BCUT2D eigenvalue weighted by Gasteiger charge is 2.37. The zero-order chi connectivity index (χ0) is 16.3. The molecular formula is C15H18FN3O3. The van der Waals surface area contributed by atoms with E-state index in [1.54, 1.807) is 4.90 Å². The Bertz CT molecular complexity index is 605. The van der Waals surface area contributed by atoms with Gasteiger partial charge in [0.1, 0.15) is 11.9 Å². The van der Waals surface area contributed by atoms with Crippen molar-refractivity contribution in [3.8, 4) is 0 Å². The lowest BCUT2D eigenvalue weighted by Gasteiger charge is -2.18. The minimum atomic E-state index is -1.000. The van der Waals surface area contributed by atoms with Gasteiger partial charge in [0, 0.05) is 12.6 Å². The van der Waals surface area contributed by atoms with E-state index in [1.165, 1.54) is 24.3 Å². The normalized spacial score (nSPS) is 20.9. The van der Waals surface area contributed by atoms with E-state index in [1.807, 2.05) is 13.8 Å².